The summed E-state index contributed by atoms with van der Waals surface area (Å²) in [7, 11) is 1.77. The van der Waals surface area contributed by atoms with E-state index in [9.17, 15) is 4.39 Å². The van der Waals surface area contributed by atoms with Gasteiger partial charge in [-0.3, -0.25) is 0 Å². The number of methoxy groups -OCH3 is 1. The molecule has 4 rings (SSSR count). The highest BCUT2D eigenvalue weighted by Crippen LogP contribution is 2.62. The van der Waals surface area contributed by atoms with Crippen molar-refractivity contribution >= 4 is 21.8 Å². The lowest BCUT2D eigenvalue weighted by Gasteiger charge is -2.45. The van der Waals surface area contributed by atoms with Gasteiger partial charge < -0.3 is 10.5 Å². The van der Waals surface area contributed by atoms with Crippen molar-refractivity contribution in [3.8, 4) is 0 Å². The van der Waals surface area contributed by atoms with E-state index in [-0.39, 0.29) is 17.1 Å². The van der Waals surface area contributed by atoms with Crippen LogP contribution in [0.4, 0.5) is 4.39 Å². The minimum Gasteiger partial charge on any atom is -0.382 e. The molecular weight excluding hydrogens is 359 g/mol. The second-order valence-corrected chi connectivity index (χ2v) is 7.87. The lowest BCUT2D eigenvalue weighted by molar-refractivity contribution is 0.00814. The van der Waals surface area contributed by atoms with Crippen LogP contribution in [0, 0.1) is 5.41 Å². The maximum Gasteiger partial charge on any atom is 0.163 e. The van der Waals surface area contributed by atoms with Crippen molar-refractivity contribution in [3.05, 3.63) is 45.7 Å². The number of halogens is 2. The van der Waals surface area contributed by atoms with Gasteiger partial charge in [0.25, 0.3) is 0 Å². The number of nitrogens with zero attached hydrogens (tertiary/aromatic N) is 1. The number of benzene rings is 1. The maximum atomic E-state index is 14.3. The summed E-state index contributed by atoms with van der Waals surface area (Å²) in [6.07, 6.45) is 6.79. The van der Waals surface area contributed by atoms with Crippen LogP contribution in [0.2, 0.25) is 0 Å². The first-order valence-corrected chi connectivity index (χ1v) is 8.85. The van der Waals surface area contributed by atoms with Crippen molar-refractivity contribution in [1.82, 2.24) is 0 Å². The smallest absolute Gasteiger partial charge is 0.163 e. The molecule has 2 N–H and O–H groups in total. The van der Waals surface area contributed by atoms with Gasteiger partial charge in [-0.05, 0) is 61.4 Å². The molecule has 1 aromatic rings. The second kappa shape index (κ2) is 5.15. The molecule has 5 heteroatoms. The van der Waals surface area contributed by atoms with E-state index >= 15 is 0 Å². The number of rotatable bonds is 1. The molecule has 1 heterocycles. The molecule has 3 aliphatic rings. The SMILES string of the molecule is COC1CCC2(CC1)Cc1ccc(Br)cc1C21C=C(F)C(N)=N1. The van der Waals surface area contributed by atoms with Crippen molar-refractivity contribution in [2.24, 2.45) is 16.1 Å². The lowest BCUT2D eigenvalue weighted by Crippen LogP contribution is -2.43. The van der Waals surface area contributed by atoms with Crippen LogP contribution in [-0.4, -0.2) is 19.0 Å². The van der Waals surface area contributed by atoms with Gasteiger partial charge in [0.05, 0.1) is 6.10 Å². The Labute approximate surface area is 143 Å². The summed E-state index contributed by atoms with van der Waals surface area (Å²) in [5.74, 6) is -0.350. The van der Waals surface area contributed by atoms with Crippen LogP contribution in [0.15, 0.2) is 39.6 Å². The highest BCUT2D eigenvalue weighted by atomic mass is 79.9. The molecule has 2 spiro atoms. The van der Waals surface area contributed by atoms with Crippen LogP contribution < -0.4 is 5.73 Å². The second-order valence-electron chi connectivity index (χ2n) is 6.95. The Morgan fingerprint density at radius 2 is 2.09 bits per heavy atom. The molecule has 0 radical (unpaired) electrons. The zero-order valence-corrected chi connectivity index (χ0v) is 14.7. The van der Waals surface area contributed by atoms with Gasteiger partial charge in [0.2, 0.25) is 0 Å². The topological polar surface area (TPSA) is 47.6 Å². The minimum absolute atomic E-state index is 0.0334. The van der Waals surface area contributed by atoms with Crippen LogP contribution >= 0.6 is 15.9 Å². The third-order valence-electron chi connectivity index (χ3n) is 5.92. The van der Waals surface area contributed by atoms with Gasteiger partial charge in [-0.25, -0.2) is 9.38 Å². The first kappa shape index (κ1) is 15.3. The standard InChI is InChI=1S/C18H20BrFN2O/c1-23-13-4-6-17(7-5-13)9-11-2-3-12(19)8-14(11)18(17)10-15(20)16(21)22-18/h2-3,8,10,13H,4-7,9H2,1H3,(H2,21,22). The summed E-state index contributed by atoms with van der Waals surface area (Å²) in [5, 5.41) is 0. The summed E-state index contributed by atoms with van der Waals surface area (Å²) in [6.45, 7) is 0. The largest absolute Gasteiger partial charge is 0.382 e. The first-order chi connectivity index (χ1) is 11.0. The van der Waals surface area contributed by atoms with Crippen molar-refractivity contribution in [2.75, 3.05) is 7.11 Å². The normalized spacial score (nSPS) is 35.5. The number of ether oxygens (including phenoxy) is 1. The number of amidine groups is 1. The van der Waals surface area contributed by atoms with E-state index in [0.717, 1.165) is 42.1 Å². The summed E-state index contributed by atoms with van der Waals surface area (Å²) in [6, 6.07) is 6.26. The van der Waals surface area contributed by atoms with Gasteiger partial charge in [0.15, 0.2) is 11.7 Å². The maximum absolute atomic E-state index is 14.3. The van der Waals surface area contributed by atoms with E-state index in [1.165, 1.54) is 5.56 Å². The number of hydrogen-bond donors (Lipinski definition) is 1. The van der Waals surface area contributed by atoms with Gasteiger partial charge in [-0.1, -0.05) is 22.0 Å². The fourth-order valence-electron chi connectivity index (χ4n) is 4.72. The fraction of sp³-hybridized carbons (Fsp3) is 0.500. The van der Waals surface area contributed by atoms with E-state index < -0.39 is 5.54 Å². The molecule has 0 amide bonds. The molecule has 2 aliphatic carbocycles. The van der Waals surface area contributed by atoms with E-state index in [2.05, 4.69) is 39.1 Å². The summed E-state index contributed by atoms with van der Waals surface area (Å²) in [5.41, 5.74) is 7.45. The Morgan fingerprint density at radius 1 is 1.35 bits per heavy atom. The van der Waals surface area contributed by atoms with Crippen LogP contribution in [0.5, 0.6) is 0 Å². The monoisotopic (exact) mass is 378 g/mol. The molecule has 0 aromatic heterocycles. The number of nitrogens with two attached hydrogens (primary N) is 1. The number of fused-ring (bicyclic) bond motifs is 3. The Kier molecular flexibility index (Phi) is 3.43. The minimum atomic E-state index is -0.654. The zero-order chi connectivity index (χ0) is 16.2. The third-order valence-corrected chi connectivity index (χ3v) is 6.41. The zero-order valence-electron chi connectivity index (χ0n) is 13.1. The van der Waals surface area contributed by atoms with E-state index in [1.807, 2.05) is 0 Å². The molecule has 1 aromatic carbocycles. The van der Waals surface area contributed by atoms with E-state index in [4.69, 9.17) is 10.5 Å². The fourth-order valence-corrected chi connectivity index (χ4v) is 5.08. The van der Waals surface area contributed by atoms with E-state index in [1.54, 1.807) is 13.2 Å². The van der Waals surface area contributed by atoms with Crippen molar-refractivity contribution < 1.29 is 9.13 Å². The van der Waals surface area contributed by atoms with Gasteiger partial charge in [0, 0.05) is 17.0 Å². The van der Waals surface area contributed by atoms with Gasteiger partial charge in [-0.2, -0.15) is 0 Å². The van der Waals surface area contributed by atoms with Crippen molar-refractivity contribution in [1.29, 1.82) is 0 Å². The summed E-state index contributed by atoms with van der Waals surface area (Å²) in [4.78, 5) is 4.68. The summed E-state index contributed by atoms with van der Waals surface area (Å²) < 4.78 is 20.8. The molecule has 1 saturated carbocycles. The predicted molar refractivity (Wildman–Crippen MR) is 92.0 cm³/mol. The van der Waals surface area contributed by atoms with Gasteiger partial charge in [-0.15, -0.1) is 0 Å². The Balaban J connectivity index is 1.86. The average molecular weight is 379 g/mol. The molecule has 23 heavy (non-hydrogen) atoms. The molecule has 0 saturated heterocycles. The molecule has 122 valence electrons. The number of hydrogen-bond acceptors (Lipinski definition) is 3. The van der Waals surface area contributed by atoms with Crippen LogP contribution in [0.25, 0.3) is 0 Å². The lowest BCUT2D eigenvalue weighted by atomic mass is 9.62. The molecule has 1 fully saturated rings. The molecule has 0 bridgehead atoms. The van der Waals surface area contributed by atoms with E-state index in [0.29, 0.717) is 6.10 Å². The Bertz CT molecular complexity index is 702. The van der Waals surface area contributed by atoms with Gasteiger partial charge >= 0.3 is 0 Å². The predicted octanol–water partition coefficient (Wildman–Crippen LogP) is 4.00. The quantitative estimate of drug-likeness (QED) is 0.802. The average Bonchev–Trinajstić information content (AvgIpc) is 2.97. The Morgan fingerprint density at radius 3 is 2.70 bits per heavy atom. The van der Waals surface area contributed by atoms with Crippen LogP contribution in [-0.2, 0) is 16.7 Å². The van der Waals surface area contributed by atoms with Crippen LogP contribution in [0.1, 0.15) is 36.8 Å². The van der Waals surface area contributed by atoms with Crippen LogP contribution in [0.3, 0.4) is 0 Å². The van der Waals surface area contributed by atoms with Gasteiger partial charge in [0.1, 0.15) is 5.54 Å². The highest BCUT2D eigenvalue weighted by molar-refractivity contribution is 9.10. The molecule has 1 atom stereocenters. The van der Waals surface area contributed by atoms with Crippen molar-refractivity contribution in [2.45, 2.75) is 43.7 Å². The number of aliphatic imine (C=N–C) groups is 1. The third kappa shape index (κ3) is 2.06. The Hall–Kier alpha value is -1.20. The first-order valence-electron chi connectivity index (χ1n) is 8.05. The highest BCUT2D eigenvalue weighted by Gasteiger charge is 2.59. The van der Waals surface area contributed by atoms with Crippen molar-refractivity contribution in [3.63, 3.8) is 0 Å². The molecule has 3 nitrogen and oxygen atoms in total. The molecule has 1 unspecified atom stereocenters. The molecule has 1 aliphatic heterocycles. The molecular formula is C18H20BrFN2O. The summed E-state index contributed by atoms with van der Waals surface area (Å²) >= 11 is 3.54.